The molecule has 4 nitrogen and oxygen atoms in total. The van der Waals surface area contributed by atoms with E-state index < -0.39 is 0 Å². The van der Waals surface area contributed by atoms with Crippen molar-refractivity contribution in [2.75, 3.05) is 13.2 Å². The maximum absolute atomic E-state index is 11.9. The Morgan fingerprint density at radius 3 is 2.40 bits per heavy atom. The Kier molecular flexibility index (Phi) is 5.85. The molecule has 1 N–H and O–H groups in total. The first-order chi connectivity index (χ1) is 9.58. The van der Waals surface area contributed by atoms with Crippen molar-refractivity contribution in [3.63, 3.8) is 0 Å². The maximum atomic E-state index is 11.9. The average molecular weight is 283 g/mol. The molecule has 2 rings (SSSR count). The lowest BCUT2D eigenvalue weighted by Crippen LogP contribution is -2.44. The first kappa shape index (κ1) is 15.8. The number of esters is 1. The van der Waals surface area contributed by atoms with Crippen LogP contribution in [0.25, 0.3) is 0 Å². The van der Waals surface area contributed by atoms with Crippen LogP contribution in [-0.4, -0.2) is 37.4 Å². The summed E-state index contributed by atoms with van der Waals surface area (Å²) in [6.45, 7) is 7.30. The van der Waals surface area contributed by atoms with Crippen LogP contribution in [0.3, 0.4) is 0 Å². The number of ether oxygens (including phenoxy) is 2. The van der Waals surface area contributed by atoms with Crippen LogP contribution < -0.4 is 5.32 Å². The number of carbonyl (C=O) groups is 1. The minimum atomic E-state index is -0.296. The van der Waals surface area contributed by atoms with E-state index in [0.717, 1.165) is 37.5 Å². The third-order valence-corrected chi connectivity index (χ3v) is 4.22. The van der Waals surface area contributed by atoms with Crippen molar-refractivity contribution < 1.29 is 14.3 Å². The van der Waals surface area contributed by atoms with Gasteiger partial charge in [-0.25, -0.2) is 0 Å². The van der Waals surface area contributed by atoms with Gasteiger partial charge >= 0.3 is 5.97 Å². The van der Waals surface area contributed by atoms with Crippen molar-refractivity contribution in [2.24, 2.45) is 11.8 Å². The lowest BCUT2D eigenvalue weighted by atomic mass is 9.82. The second-order valence-electron chi connectivity index (χ2n) is 6.62. The minimum absolute atomic E-state index is 0.170. The first-order valence-electron chi connectivity index (χ1n) is 8.12. The van der Waals surface area contributed by atoms with Crippen molar-refractivity contribution in [1.29, 1.82) is 0 Å². The molecule has 2 aliphatic rings. The second-order valence-corrected chi connectivity index (χ2v) is 6.62. The van der Waals surface area contributed by atoms with E-state index in [1.165, 1.54) is 6.42 Å². The Bertz CT molecular complexity index is 307. The van der Waals surface area contributed by atoms with Gasteiger partial charge in [0.2, 0.25) is 0 Å². The van der Waals surface area contributed by atoms with Gasteiger partial charge in [0.25, 0.3) is 0 Å². The van der Waals surface area contributed by atoms with E-state index in [1.807, 2.05) is 6.92 Å². The fourth-order valence-corrected chi connectivity index (χ4v) is 3.20. The smallest absolute Gasteiger partial charge is 0.325 e. The quantitative estimate of drug-likeness (QED) is 0.729. The molecular formula is C16H29NO3. The van der Waals surface area contributed by atoms with Crippen LogP contribution in [-0.2, 0) is 14.3 Å². The molecule has 116 valence electrons. The van der Waals surface area contributed by atoms with Crippen molar-refractivity contribution in [3.05, 3.63) is 0 Å². The van der Waals surface area contributed by atoms with Crippen LogP contribution >= 0.6 is 0 Å². The van der Waals surface area contributed by atoms with Gasteiger partial charge in [-0.05, 0) is 50.9 Å². The average Bonchev–Trinajstić information content (AvgIpc) is 3.17. The highest BCUT2D eigenvalue weighted by atomic mass is 16.5. The highest BCUT2D eigenvalue weighted by Gasteiger charge is 2.31. The molecule has 0 saturated heterocycles. The van der Waals surface area contributed by atoms with Gasteiger partial charge in [0.1, 0.15) is 6.04 Å². The van der Waals surface area contributed by atoms with Gasteiger partial charge in [-0.1, -0.05) is 13.8 Å². The second kappa shape index (κ2) is 7.41. The summed E-state index contributed by atoms with van der Waals surface area (Å²) in [5, 5.41) is 3.34. The Balaban J connectivity index is 1.79. The molecule has 0 aromatic heterocycles. The topological polar surface area (TPSA) is 47.6 Å². The third kappa shape index (κ3) is 5.06. The maximum Gasteiger partial charge on any atom is 0.325 e. The van der Waals surface area contributed by atoms with Crippen molar-refractivity contribution in [1.82, 2.24) is 5.32 Å². The van der Waals surface area contributed by atoms with Crippen LogP contribution in [0.1, 0.15) is 52.9 Å². The van der Waals surface area contributed by atoms with E-state index in [1.54, 1.807) is 0 Å². The highest BCUT2D eigenvalue weighted by Crippen LogP contribution is 2.30. The van der Waals surface area contributed by atoms with Gasteiger partial charge in [0.15, 0.2) is 0 Å². The van der Waals surface area contributed by atoms with E-state index in [-0.39, 0.29) is 12.0 Å². The fourth-order valence-electron chi connectivity index (χ4n) is 3.20. The molecule has 4 heteroatoms. The molecule has 3 atom stereocenters. The number of nitrogens with one attached hydrogen (secondary N) is 1. The summed E-state index contributed by atoms with van der Waals surface area (Å²) in [6.07, 6.45) is 6.14. The molecular weight excluding hydrogens is 254 g/mol. The summed E-state index contributed by atoms with van der Waals surface area (Å²) < 4.78 is 11.2. The monoisotopic (exact) mass is 283 g/mol. The Labute approximate surface area is 122 Å². The van der Waals surface area contributed by atoms with E-state index >= 15 is 0 Å². The third-order valence-electron chi connectivity index (χ3n) is 4.22. The van der Waals surface area contributed by atoms with Gasteiger partial charge < -0.3 is 9.47 Å². The summed E-state index contributed by atoms with van der Waals surface area (Å²) in [5.41, 5.74) is 0. The molecule has 20 heavy (non-hydrogen) atoms. The fraction of sp³-hybridized carbons (Fsp3) is 0.938. The molecule has 0 amide bonds. The molecule has 0 aromatic rings. The summed E-state index contributed by atoms with van der Waals surface area (Å²) in [7, 11) is 0. The van der Waals surface area contributed by atoms with Crippen molar-refractivity contribution in [2.45, 2.75) is 71.1 Å². The summed E-state index contributed by atoms with van der Waals surface area (Å²) in [6, 6.07) is 0.187. The van der Waals surface area contributed by atoms with Crippen LogP contribution in [0.4, 0.5) is 0 Å². The first-order valence-corrected chi connectivity index (χ1v) is 8.12. The SMILES string of the molecule is CCOC(=O)C(COC1CC(C)CC(C)C1)NC1CC1. The zero-order valence-corrected chi connectivity index (χ0v) is 13.1. The molecule has 3 unspecified atom stereocenters. The lowest BCUT2D eigenvalue weighted by molar-refractivity contribution is -0.148. The molecule has 0 bridgehead atoms. The summed E-state index contributed by atoms with van der Waals surface area (Å²) in [5.74, 6) is 1.28. The number of carbonyl (C=O) groups excluding carboxylic acids is 1. The van der Waals surface area contributed by atoms with Gasteiger partial charge in [0, 0.05) is 6.04 Å². The molecule has 0 heterocycles. The summed E-state index contributed by atoms with van der Waals surface area (Å²) in [4.78, 5) is 11.9. The minimum Gasteiger partial charge on any atom is -0.465 e. The van der Waals surface area contributed by atoms with E-state index in [9.17, 15) is 4.79 Å². The highest BCUT2D eigenvalue weighted by molar-refractivity contribution is 5.76. The van der Waals surface area contributed by atoms with Crippen molar-refractivity contribution in [3.8, 4) is 0 Å². The number of hydrogen-bond donors (Lipinski definition) is 1. The molecule has 0 spiro atoms. The molecule has 0 aromatic carbocycles. The predicted molar refractivity (Wildman–Crippen MR) is 78.5 cm³/mol. The van der Waals surface area contributed by atoms with Gasteiger partial charge in [0.05, 0.1) is 19.3 Å². The Morgan fingerprint density at radius 1 is 1.20 bits per heavy atom. The Morgan fingerprint density at radius 2 is 1.85 bits per heavy atom. The standard InChI is InChI=1S/C16H29NO3/c1-4-19-16(18)15(17-13-5-6-13)10-20-14-8-11(2)7-12(3)9-14/h11-15,17H,4-10H2,1-3H3. The molecule has 2 saturated carbocycles. The van der Waals surface area contributed by atoms with E-state index in [0.29, 0.717) is 25.4 Å². The Hall–Kier alpha value is -0.610. The largest absolute Gasteiger partial charge is 0.465 e. The molecule has 0 aliphatic heterocycles. The number of rotatable bonds is 7. The van der Waals surface area contributed by atoms with Crippen molar-refractivity contribution >= 4 is 5.97 Å². The molecule has 0 radical (unpaired) electrons. The van der Waals surface area contributed by atoms with Crippen LogP contribution in [0.5, 0.6) is 0 Å². The normalized spacial score (nSPS) is 31.9. The molecule has 2 fully saturated rings. The lowest BCUT2D eigenvalue weighted by Gasteiger charge is -2.32. The summed E-state index contributed by atoms with van der Waals surface area (Å²) >= 11 is 0. The van der Waals surface area contributed by atoms with Crippen LogP contribution in [0.15, 0.2) is 0 Å². The van der Waals surface area contributed by atoms with Crippen LogP contribution in [0.2, 0.25) is 0 Å². The van der Waals surface area contributed by atoms with Gasteiger partial charge in [-0.15, -0.1) is 0 Å². The zero-order valence-electron chi connectivity index (χ0n) is 13.1. The predicted octanol–water partition coefficient (Wildman–Crippen LogP) is 2.51. The van der Waals surface area contributed by atoms with Crippen LogP contribution in [0, 0.1) is 11.8 Å². The van der Waals surface area contributed by atoms with Gasteiger partial charge in [-0.2, -0.15) is 0 Å². The zero-order chi connectivity index (χ0) is 14.5. The van der Waals surface area contributed by atoms with E-state index in [2.05, 4.69) is 19.2 Å². The number of hydrogen-bond acceptors (Lipinski definition) is 4. The van der Waals surface area contributed by atoms with Gasteiger partial charge in [-0.3, -0.25) is 10.1 Å². The van der Waals surface area contributed by atoms with E-state index in [4.69, 9.17) is 9.47 Å². The molecule has 2 aliphatic carbocycles.